The smallest absolute Gasteiger partial charge is 0 e. The summed E-state index contributed by atoms with van der Waals surface area (Å²) in [6.45, 7) is 2.27. The molecule has 0 amide bonds. The second-order valence-corrected chi connectivity index (χ2v) is 7.89. The van der Waals surface area contributed by atoms with Gasteiger partial charge in [-0.25, -0.2) is 0 Å². The maximum Gasteiger partial charge on any atom is 0 e. The van der Waals surface area contributed by atoms with Crippen molar-refractivity contribution in [3.8, 4) is 0 Å². The number of hydrogen-bond acceptors (Lipinski definition) is 5. The van der Waals surface area contributed by atoms with Gasteiger partial charge in [0.1, 0.15) is 0 Å². The average molecular weight is 504 g/mol. The topological polar surface area (TPSA) is 150 Å². The van der Waals surface area contributed by atoms with E-state index in [0.29, 0.717) is 6.42 Å². The molecule has 10 heteroatoms. The molecule has 0 aliphatic rings. The Morgan fingerprint density at radius 2 is 0.857 bits per heavy atom. The molecular weight excluding hydrogens is 461 g/mol. The van der Waals surface area contributed by atoms with Gasteiger partial charge >= 0.3 is 66.4 Å². The van der Waals surface area contributed by atoms with Crippen molar-refractivity contribution in [1.29, 1.82) is 0 Å². The Morgan fingerprint density at radius 1 is 0.643 bits per heavy atom. The van der Waals surface area contributed by atoms with E-state index in [1.807, 2.05) is 0 Å². The minimum atomic E-state index is -4.61. The third-order valence-electron chi connectivity index (χ3n) is 3.99. The van der Waals surface area contributed by atoms with Gasteiger partial charge in [0.15, 0.2) is 0 Å². The van der Waals surface area contributed by atoms with Crippen LogP contribution in [-0.4, -0.2) is 96.2 Å². The number of unbranched alkanes of at least 4 members (excludes halogenated alkanes) is 14. The zero-order valence-electron chi connectivity index (χ0n) is 17.2. The monoisotopic (exact) mass is 502 g/mol. The summed E-state index contributed by atoms with van der Waals surface area (Å²) in [4.78, 5) is 39.6. The third-order valence-corrected chi connectivity index (χ3v) is 3.99. The molecule has 0 unspecified atom stereocenters. The van der Waals surface area contributed by atoms with Crippen LogP contribution in [0.15, 0.2) is 0 Å². The first-order valence-corrected chi connectivity index (χ1v) is 11.7. The quantitative estimate of drug-likeness (QED) is 0.161. The van der Waals surface area contributed by atoms with Crippen molar-refractivity contribution in [3.63, 3.8) is 0 Å². The second-order valence-electron chi connectivity index (χ2n) is 6.69. The van der Waals surface area contributed by atoms with E-state index in [4.69, 9.17) is 24.3 Å². The Labute approximate surface area is 227 Å². The molecule has 0 aliphatic carbocycles. The van der Waals surface area contributed by atoms with E-state index >= 15 is 0 Å². The van der Waals surface area contributed by atoms with Gasteiger partial charge in [-0.2, -0.15) is 0 Å². The average Bonchev–Trinajstić information content (AvgIpc) is 2.49. The van der Waals surface area contributed by atoms with Gasteiger partial charge in [0, 0.05) is 25.9 Å². The number of aliphatic carboxylic acids is 1. The molecule has 0 saturated carbocycles. The molecule has 164 valence electrons. The molecule has 0 aromatic rings. The van der Waals surface area contributed by atoms with E-state index in [2.05, 4.69) is 6.92 Å². The molecule has 0 aromatic carbocycles. The van der Waals surface area contributed by atoms with Crippen LogP contribution >= 0.6 is 0 Å². The van der Waals surface area contributed by atoms with E-state index < -0.39 is 15.0 Å². The Kier molecular flexibility index (Phi) is 44.3. The van der Waals surface area contributed by atoms with Crippen LogP contribution in [0.4, 0.5) is 0 Å². The molecule has 7 N–H and O–H groups in total. The molecule has 0 atom stereocenters. The van der Waals surface area contributed by atoms with Crippen LogP contribution in [0, 0.1) is 0 Å². The molecule has 0 saturated heterocycles. The number of rotatable bonds is 16. The number of carbonyl (C=O) groups is 1. The van der Waals surface area contributed by atoms with Crippen molar-refractivity contribution in [2.75, 3.05) is 0 Å². The van der Waals surface area contributed by atoms with Gasteiger partial charge in [-0.1, -0.05) is 96.8 Å². The molecule has 28 heavy (non-hydrogen) atoms. The maximum absolute atomic E-state index is 10.3. The van der Waals surface area contributed by atoms with Gasteiger partial charge in [0.25, 0.3) is 0 Å². The molecular formula is C18H43KO7SiZn. The second kappa shape index (κ2) is 30.9. The number of carboxylic acids is 1. The van der Waals surface area contributed by atoms with Crippen molar-refractivity contribution >= 4 is 66.4 Å². The summed E-state index contributed by atoms with van der Waals surface area (Å²) < 4.78 is 0. The van der Waals surface area contributed by atoms with E-state index in [0.717, 1.165) is 12.8 Å². The van der Waals surface area contributed by atoms with Crippen LogP contribution in [0.3, 0.4) is 0 Å². The van der Waals surface area contributed by atoms with Crippen molar-refractivity contribution in [3.05, 3.63) is 0 Å². The normalized spacial score (nSPS) is 9.89. The first-order valence-electron chi connectivity index (χ1n) is 9.88. The predicted octanol–water partition coefficient (Wildman–Crippen LogP) is 2.25. The van der Waals surface area contributed by atoms with Crippen LogP contribution in [-0.2, 0) is 24.3 Å². The van der Waals surface area contributed by atoms with E-state index in [1.165, 1.54) is 83.5 Å². The van der Waals surface area contributed by atoms with E-state index in [9.17, 15) is 4.79 Å². The third kappa shape index (κ3) is 56.5. The number of hydrogen-bond donors (Lipinski definition) is 5. The van der Waals surface area contributed by atoms with Crippen LogP contribution in [0.1, 0.15) is 110 Å². The van der Waals surface area contributed by atoms with E-state index in [-0.39, 0.29) is 76.3 Å². The fraction of sp³-hybridized carbons (Fsp3) is 0.944. The SMILES string of the molecule is CCCCCCCCCCCCCCCCCC(=O)O.O.O[Si](O)(O)O.[KH].[Zn]. The fourth-order valence-electron chi connectivity index (χ4n) is 2.65. The first kappa shape index (κ1) is 40.1. The van der Waals surface area contributed by atoms with Crippen molar-refractivity contribution in [2.24, 2.45) is 0 Å². The summed E-state index contributed by atoms with van der Waals surface area (Å²) in [6.07, 6.45) is 20.2. The molecule has 0 aliphatic heterocycles. The molecule has 7 nitrogen and oxygen atoms in total. The summed E-state index contributed by atoms with van der Waals surface area (Å²) in [7, 11) is -4.61. The summed E-state index contributed by atoms with van der Waals surface area (Å²) in [6, 6.07) is 0. The maximum atomic E-state index is 10.3. The van der Waals surface area contributed by atoms with E-state index in [1.54, 1.807) is 0 Å². The molecule has 0 rings (SSSR count). The van der Waals surface area contributed by atoms with Crippen molar-refractivity contribution in [1.82, 2.24) is 0 Å². The summed E-state index contributed by atoms with van der Waals surface area (Å²) in [5.41, 5.74) is 0. The molecule has 0 heterocycles. The fourth-order valence-corrected chi connectivity index (χ4v) is 2.65. The van der Waals surface area contributed by atoms with Gasteiger partial charge in [0.2, 0.25) is 0 Å². The summed E-state index contributed by atoms with van der Waals surface area (Å²) in [5, 5.41) is 8.52. The van der Waals surface area contributed by atoms with Gasteiger partial charge in [-0.15, -0.1) is 0 Å². The van der Waals surface area contributed by atoms with Crippen LogP contribution in [0.25, 0.3) is 0 Å². The van der Waals surface area contributed by atoms with Gasteiger partial charge in [-0.3, -0.25) is 4.79 Å². The van der Waals surface area contributed by atoms with Crippen LogP contribution in [0.2, 0.25) is 0 Å². The minimum absolute atomic E-state index is 0. The molecule has 0 aromatic heterocycles. The summed E-state index contributed by atoms with van der Waals surface area (Å²) in [5.74, 6) is -0.653. The molecule has 0 fully saturated rings. The standard InChI is InChI=1S/C18H36O2.K.H4O4Si.H2O.Zn.H/c1-2-3-4-5-6-7-8-9-10-11-12-13-14-15-16-17-18(19)20;;1-5(2,3)4;;;/h2-17H2,1H3,(H,19,20);;1-4H;1H2;;. The Hall–Kier alpha value is 1.75. The summed E-state index contributed by atoms with van der Waals surface area (Å²) >= 11 is 0. The van der Waals surface area contributed by atoms with Gasteiger partial charge in [-0.05, 0) is 6.42 Å². The Bertz CT molecular complexity index is 290. The molecule has 0 bridgehead atoms. The van der Waals surface area contributed by atoms with Crippen molar-refractivity contribution < 1.29 is 54.0 Å². The van der Waals surface area contributed by atoms with Gasteiger partial charge in [0.05, 0.1) is 0 Å². The zero-order valence-corrected chi connectivity index (χ0v) is 21.1. The van der Waals surface area contributed by atoms with Gasteiger partial charge < -0.3 is 29.8 Å². The Morgan fingerprint density at radius 3 is 1.07 bits per heavy atom. The van der Waals surface area contributed by atoms with Crippen LogP contribution < -0.4 is 0 Å². The largest absolute Gasteiger partial charge is 0 e. The van der Waals surface area contributed by atoms with Crippen molar-refractivity contribution in [2.45, 2.75) is 110 Å². The minimum Gasteiger partial charge on any atom is 0 e. The van der Waals surface area contributed by atoms with Crippen LogP contribution in [0.5, 0.6) is 0 Å². The Balaban J connectivity index is -0.000000195. The zero-order chi connectivity index (χ0) is 19.4. The molecule has 0 radical (unpaired) electrons. The predicted molar refractivity (Wildman–Crippen MR) is 113 cm³/mol. The first-order chi connectivity index (χ1) is 11.8. The molecule has 0 spiro atoms. The number of carboxylic acid groups (broad SMARTS) is 1.